The number of unbranched alkanes of at least 4 members (excludes halogenated alkanes) is 3. The Morgan fingerprint density at radius 3 is 2.24 bits per heavy atom. The number of benzene rings is 2. The molecule has 0 spiro atoms. The molecule has 0 radical (unpaired) electrons. The van der Waals surface area contributed by atoms with Crippen LogP contribution in [-0.4, -0.2) is 7.11 Å². The van der Waals surface area contributed by atoms with Gasteiger partial charge in [-0.05, 0) is 91.2 Å². The molecule has 4 atom stereocenters. The van der Waals surface area contributed by atoms with E-state index in [4.69, 9.17) is 4.74 Å². The van der Waals surface area contributed by atoms with E-state index < -0.39 is 17.5 Å². The molecular weight excluding hydrogens is 421 g/mol. The summed E-state index contributed by atoms with van der Waals surface area (Å²) in [5.74, 6) is 0.733. The molecule has 0 saturated heterocycles. The normalized spacial score (nSPS) is 25.0. The van der Waals surface area contributed by atoms with Crippen LogP contribution in [0.15, 0.2) is 30.3 Å². The van der Waals surface area contributed by atoms with E-state index in [1.165, 1.54) is 82.7 Å². The molecule has 180 valence electrons. The van der Waals surface area contributed by atoms with Crippen LogP contribution in [0.4, 0.5) is 13.2 Å². The van der Waals surface area contributed by atoms with Crippen LogP contribution in [-0.2, 0) is 0 Å². The standard InChI is InChI=1S/C29H37F3O/c1-3-4-5-6-7-19-8-9-21-15-22(11-10-20(21)14-19)24-17-26(31)29(27(32)18-24)23-12-13-28(33-2)25(30)16-23/h12-13,16-22H,3-11,14-15H2,1-2H3/t19?,20-,21-,22-/m1/s1. The quantitative estimate of drug-likeness (QED) is 0.359. The first-order valence-corrected chi connectivity index (χ1v) is 12.8. The largest absolute Gasteiger partial charge is 0.494 e. The summed E-state index contributed by atoms with van der Waals surface area (Å²) >= 11 is 0. The topological polar surface area (TPSA) is 9.23 Å². The average Bonchev–Trinajstić information content (AvgIpc) is 2.81. The number of rotatable bonds is 8. The molecule has 4 heteroatoms. The summed E-state index contributed by atoms with van der Waals surface area (Å²) in [6.45, 7) is 2.26. The summed E-state index contributed by atoms with van der Waals surface area (Å²) < 4.78 is 49.1. The van der Waals surface area contributed by atoms with Crippen molar-refractivity contribution in [1.29, 1.82) is 0 Å². The Bertz CT molecular complexity index is 917. The minimum absolute atomic E-state index is 0.0589. The lowest BCUT2D eigenvalue weighted by atomic mass is 9.63. The molecule has 0 bridgehead atoms. The third-order valence-electron chi connectivity index (χ3n) is 8.16. The van der Waals surface area contributed by atoms with Crippen LogP contribution in [0.25, 0.3) is 11.1 Å². The van der Waals surface area contributed by atoms with Crippen molar-refractivity contribution >= 4 is 0 Å². The van der Waals surface area contributed by atoms with E-state index >= 15 is 8.78 Å². The van der Waals surface area contributed by atoms with E-state index in [1.54, 1.807) is 0 Å². The second-order valence-electron chi connectivity index (χ2n) is 10.3. The second-order valence-corrected chi connectivity index (χ2v) is 10.3. The molecule has 1 nitrogen and oxygen atoms in total. The predicted octanol–water partition coefficient (Wildman–Crippen LogP) is 9.05. The van der Waals surface area contributed by atoms with Gasteiger partial charge in [0.05, 0.1) is 12.7 Å². The summed E-state index contributed by atoms with van der Waals surface area (Å²) in [5, 5.41) is 0. The molecule has 2 aromatic carbocycles. The van der Waals surface area contributed by atoms with Crippen molar-refractivity contribution in [1.82, 2.24) is 0 Å². The molecule has 33 heavy (non-hydrogen) atoms. The van der Waals surface area contributed by atoms with E-state index in [-0.39, 0.29) is 22.8 Å². The fourth-order valence-corrected chi connectivity index (χ4v) is 6.34. The lowest BCUT2D eigenvalue weighted by molar-refractivity contribution is 0.113. The Labute approximate surface area is 196 Å². The molecule has 0 aliphatic heterocycles. The summed E-state index contributed by atoms with van der Waals surface area (Å²) in [6.07, 6.45) is 13.8. The van der Waals surface area contributed by atoms with Crippen LogP contribution in [0.1, 0.15) is 89.0 Å². The van der Waals surface area contributed by atoms with Gasteiger partial charge in [0.15, 0.2) is 11.6 Å². The van der Waals surface area contributed by atoms with Crippen LogP contribution < -0.4 is 4.74 Å². The van der Waals surface area contributed by atoms with Crippen molar-refractivity contribution in [2.45, 2.75) is 83.5 Å². The third kappa shape index (κ3) is 5.58. The predicted molar refractivity (Wildman–Crippen MR) is 128 cm³/mol. The SMILES string of the molecule is CCCCCCC1CC[C@@H]2C[C@H](c3cc(F)c(-c4ccc(OC)c(F)c4)c(F)c3)CC[C@@H]2C1. The van der Waals surface area contributed by atoms with Crippen molar-refractivity contribution in [2.75, 3.05) is 7.11 Å². The van der Waals surface area contributed by atoms with E-state index in [1.807, 2.05) is 0 Å². The van der Waals surface area contributed by atoms with Gasteiger partial charge in [-0.1, -0.05) is 51.5 Å². The zero-order chi connectivity index (χ0) is 23.4. The van der Waals surface area contributed by atoms with Gasteiger partial charge in [0.25, 0.3) is 0 Å². The van der Waals surface area contributed by atoms with Gasteiger partial charge in [-0.3, -0.25) is 0 Å². The summed E-state index contributed by atoms with van der Waals surface area (Å²) in [7, 11) is 1.36. The fourth-order valence-electron chi connectivity index (χ4n) is 6.34. The van der Waals surface area contributed by atoms with Crippen molar-refractivity contribution in [3.8, 4) is 16.9 Å². The monoisotopic (exact) mass is 458 g/mol. The van der Waals surface area contributed by atoms with Gasteiger partial charge in [-0.25, -0.2) is 13.2 Å². The van der Waals surface area contributed by atoms with Gasteiger partial charge in [-0.15, -0.1) is 0 Å². The van der Waals surface area contributed by atoms with E-state index in [9.17, 15) is 4.39 Å². The molecule has 0 N–H and O–H groups in total. The third-order valence-corrected chi connectivity index (χ3v) is 8.16. The Morgan fingerprint density at radius 1 is 0.818 bits per heavy atom. The van der Waals surface area contributed by atoms with E-state index in [0.717, 1.165) is 42.7 Å². The maximum absolute atomic E-state index is 15.0. The molecule has 0 amide bonds. The van der Waals surface area contributed by atoms with Crippen molar-refractivity contribution in [3.05, 3.63) is 53.3 Å². The second kappa shape index (κ2) is 11.0. The van der Waals surface area contributed by atoms with Crippen LogP contribution in [0.3, 0.4) is 0 Å². The first kappa shape index (κ1) is 24.2. The van der Waals surface area contributed by atoms with Crippen LogP contribution in [0, 0.1) is 35.2 Å². The first-order chi connectivity index (χ1) is 16.0. The Hall–Kier alpha value is -1.97. The smallest absolute Gasteiger partial charge is 0.165 e. The van der Waals surface area contributed by atoms with Crippen LogP contribution in [0.2, 0.25) is 0 Å². The fraction of sp³-hybridized carbons (Fsp3) is 0.586. The minimum Gasteiger partial charge on any atom is -0.494 e. The first-order valence-electron chi connectivity index (χ1n) is 12.8. The molecule has 1 unspecified atom stereocenters. The molecule has 2 saturated carbocycles. The van der Waals surface area contributed by atoms with Crippen molar-refractivity contribution in [3.63, 3.8) is 0 Å². The molecule has 2 fully saturated rings. The summed E-state index contributed by atoms with van der Waals surface area (Å²) in [5.41, 5.74) is 0.774. The Morgan fingerprint density at radius 2 is 1.55 bits per heavy atom. The zero-order valence-electron chi connectivity index (χ0n) is 20.0. The maximum Gasteiger partial charge on any atom is 0.165 e. The van der Waals surface area contributed by atoms with Gasteiger partial charge < -0.3 is 4.74 Å². The van der Waals surface area contributed by atoms with Crippen LogP contribution in [0.5, 0.6) is 5.75 Å². The lowest BCUT2D eigenvalue weighted by Gasteiger charge is -2.42. The average molecular weight is 459 g/mol. The maximum atomic E-state index is 15.0. The van der Waals surface area contributed by atoms with Gasteiger partial charge in [0.1, 0.15) is 11.6 Å². The summed E-state index contributed by atoms with van der Waals surface area (Å²) in [6, 6.07) is 6.98. The molecule has 2 aromatic rings. The van der Waals surface area contributed by atoms with Gasteiger partial charge in [0, 0.05) is 0 Å². The highest BCUT2D eigenvalue weighted by atomic mass is 19.1. The van der Waals surface area contributed by atoms with Crippen LogP contribution >= 0.6 is 0 Å². The molecule has 2 aliphatic carbocycles. The van der Waals surface area contributed by atoms with Crippen molar-refractivity contribution < 1.29 is 17.9 Å². The number of methoxy groups -OCH3 is 1. The molecule has 2 aliphatic rings. The zero-order valence-corrected chi connectivity index (χ0v) is 20.0. The highest BCUT2D eigenvalue weighted by Gasteiger charge is 2.36. The minimum atomic E-state index is -0.628. The molecule has 0 aromatic heterocycles. The number of halogens is 3. The number of fused-ring (bicyclic) bond motifs is 1. The summed E-state index contributed by atoms with van der Waals surface area (Å²) in [4.78, 5) is 0. The van der Waals surface area contributed by atoms with Gasteiger partial charge in [-0.2, -0.15) is 0 Å². The molecule has 0 heterocycles. The van der Waals surface area contributed by atoms with E-state index in [0.29, 0.717) is 5.92 Å². The highest BCUT2D eigenvalue weighted by molar-refractivity contribution is 5.66. The molecular formula is C29H37F3O. The van der Waals surface area contributed by atoms with Gasteiger partial charge in [0.2, 0.25) is 0 Å². The highest BCUT2D eigenvalue weighted by Crippen LogP contribution is 2.49. The van der Waals surface area contributed by atoms with Gasteiger partial charge >= 0.3 is 0 Å². The lowest BCUT2D eigenvalue weighted by Crippen LogP contribution is -2.30. The van der Waals surface area contributed by atoms with Crippen molar-refractivity contribution in [2.24, 2.45) is 17.8 Å². The Balaban J connectivity index is 1.41. The number of ether oxygens (including phenoxy) is 1. The Kier molecular flexibility index (Phi) is 8.03. The molecule has 4 rings (SSSR count). The number of hydrogen-bond acceptors (Lipinski definition) is 1. The van der Waals surface area contributed by atoms with E-state index in [2.05, 4.69) is 6.92 Å². The number of hydrogen-bond donors (Lipinski definition) is 0.